The minimum Gasteiger partial charge on any atom is -0.481 e. The minimum atomic E-state index is -2.27. The van der Waals surface area contributed by atoms with Crippen LogP contribution in [0.5, 0.6) is 0 Å². The molecule has 11 unspecified atom stereocenters. The van der Waals surface area contributed by atoms with Gasteiger partial charge in [0, 0.05) is 37.7 Å². The van der Waals surface area contributed by atoms with Crippen LogP contribution in [0.4, 0.5) is 0 Å². The third-order valence-electron chi connectivity index (χ3n) is 9.18. The quantitative estimate of drug-likeness (QED) is 0.170. The van der Waals surface area contributed by atoms with E-state index in [0.717, 1.165) is 12.2 Å². The van der Waals surface area contributed by atoms with Gasteiger partial charge in [-0.1, -0.05) is 55.5 Å². The van der Waals surface area contributed by atoms with Gasteiger partial charge in [-0.15, -0.1) is 0 Å². The van der Waals surface area contributed by atoms with Crippen molar-refractivity contribution in [3.63, 3.8) is 0 Å². The van der Waals surface area contributed by atoms with Gasteiger partial charge in [0.1, 0.15) is 18.1 Å². The number of ether oxygens (including phenoxy) is 4. The van der Waals surface area contributed by atoms with Crippen LogP contribution in [0.15, 0.2) is 60.8 Å². The Bertz CT molecular complexity index is 1250. The van der Waals surface area contributed by atoms with Crippen LogP contribution in [0.3, 0.4) is 0 Å². The van der Waals surface area contributed by atoms with Gasteiger partial charge >= 0.3 is 11.9 Å². The fourth-order valence-corrected chi connectivity index (χ4v) is 6.28. The summed E-state index contributed by atoms with van der Waals surface area (Å²) in [5.41, 5.74) is 5.97. The van der Waals surface area contributed by atoms with Crippen LogP contribution >= 0.6 is 0 Å². The second-order valence-corrected chi connectivity index (χ2v) is 13.2. The molecule has 2 saturated heterocycles. The number of carboxylic acids is 1. The van der Waals surface area contributed by atoms with Gasteiger partial charge in [0.05, 0.1) is 54.9 Å². The van der Waals surface area contributed by atoms with Gasteiger partial charge in [-0.05, 0) is 26.3 Å². The maximum Gasteiger partial charge on any atom is 0.330 e. The number of esters is 1. The Morgan fingerprint density at radius 3 is 2.18 bits per heavy atom. The van der Waals surface area contributed by atoms with Crippen LogP contribution in [-0.2, 0) is 28.5 Å². The third-order valence-corrected chi connectivity index (χ3v) is 9.18. The number of cyclic esters (lactones) is 1. The number of carboxylic acid groups (broad SMARTS) is 1. The molecule has 0 amide bonds. The zero-order valence-corrected chi connectivity index (χ0v) is 28.5. The summed E-state index contributed by atoms with van der Waals surface area (Å²) in [6, 6.07) is -1.11. The van der Waals surface area contributed by atoms with Gasteiger partial charge in [0.25, 0.3) is 0 Å². The molecule has 282 valence electrons. The summed E-state index contributed by atoms with van der Waals surface area (Å²) in [7, 11) is 0. The third kappa shape index (κ3) is 11.9. The number of carbonyl (C=O) groups excluding carboxylic acids is 1. The van der Waals surface area contributed by atoms with Crippen molar-refractivity contribution in [1.82, 2.24) is 0 Å². The van der Waals surface area contributed by atoms with Gasteiger partial charge in [-0.25, -0.2) is 4.79 Å². The van der Waals surface area contributed by atoms with Gasteiger partial charge in [0.15, 0.2) is 12.1 Å². The Hall–Kier alpha value is -2.80. The van der Waals surface area contributed by atoms with Crippen LogP contribution in [0.25, 0.3) is 0 Å². The fourth-order valence-electron chi connectivity index (χ4n) is 6.28. The maximum atomic E-state index is 12.4. The summed E-state index contributed by atoms with van der Waals surface area (Å²) in [5, 5.41) is 84.9. The lowest BCUT2D eigenvalue weighted by atomic mass is 9.82. The number of rotatable bonds is 4. The normalized spacial score (nSPS) is 42.8. The number of aliphatic carboxylic acids is 1. The van der Waals surface area contributed by atoms with Gasteiger partial charge in [-0.2, -0.15) is 0 Å². The number of aliphatic hydroxyl groups is 7. The largest absolute Gasteiger partial charge is 0.481 e. The highest BCUT2D eigenvalue weighted by Gasteiger charge is 2.51. The van der Waals surface area contributed by atoms with Crippen LogP contribution in [0, 0.1) is 11.8 Å². The molecule has 2 bridgehead atoms. The van der Waals surface area contributed by atoms with Crippen molar-refractivity contribution < 1.29 is 69.4 Å². The van der Waals surface area contributed by atoms with Crippen molar-refractivity contribution in [2.45, 2.75) is 132 Å². The lowest BCUT2D eigenvalue weighted by molar-refractivity contribution is -0.308. The maximum absolute atomic E-state index is 12.4. The molecule has 10 N–H and O–H groups in total. The van der Waals surface area contributed by atoms with Gasteiger partial charge < -0.3 is 65.5 Å². The molecule has 0 radical (unpaired) electrons. The zero-order chi connectivity index (χ0) is 37.2. The lowest BCUT2D eigenvalue weighted by Gasteiger charge is -2.45. The molecule has 15 nitrogen and oxygen atoms in total. The van der Waals surface area contributed by atoms with Crippen LogP contribution in [0.2, 0.25) is 0 Å². The Morgan fingerprint density at radius 1 is 0.900 bits per heavy atom. The average Bonchev–Trinajstić information content (AvgIpc) is 3.02. The Kier molecular flexibility index (Phi) is 15.9. The number of aliphatic hydroxyl groups excluding tert-OH is 6. The highest BCUT2D eigenvalue weighted by atomic mass is 16.7. The number of nitrogens with two attached hydrogens (primary N) is 1. The summed E-state index contributed by atoms with van der Waals surface area (Å²) in [5.74, 6) is -6.09. The molecule has 3 rings (SSSR count). The van der Waals surface area contributed by atoms with Crippen LogP contribution in [0.1, 0.15) is 52.9 Å². The molecular weight excluding hydrogens is 658 g/mol. The van der Waals surface area contributed by atoms with Gasteiger partial charge in [0.2, 0.25) is 0 Å². The molecule has 50 heavy (non-hydrogen) atoms. The first-order valence-electron chi connectivity index (χ1n) is 16.9. The molecule has 2 fully saturated rings. The smallest absolute Gasteiger partial charge is 0.330 e. The molecule has 0 aromatic carbocycles. The second-order valence-electron chi connectivity index (χ2n) is 13.2. The molecular formula is C35H53NO14. The molecule has 3 aliphatic heterocycles. The first-order chi connectivity index (χ1) is 23.5. The van der Waals surface area contributed by atoms with E-state index in [1.54, 1.807) is 50.3 Å². The monoisotopic (exact) mass is 711 g/mol. The summed E-state index contributed by atoms with van der Waals surface area (Å²) < 4.78 is 23.0. The molecule has 0 aliphatic carbocycles. The minimum absolute atomic E-state index is 0.120. The number of hydrogen-bond acceptors (Lipinski definition) is 14. The van der Waals surface area contributed by atoms with Crippen molar-refractivity contribution in [2.75, 3.05) is 0 Å². The Morgan fingerprint density at radius 2 is 1.54 bits per heavy atom. The van der Waals surface area contributed by atoms with Crippen molar-refractivity contribution >= 4 is 11.9 Å². The van der Waals surface area contributed by atoms with E-state index in [-0.39, 0.29) is 12.3 Å². The molecule has 0 saturated carbocycles. The summed E-state index contributed by atoms with van der Waals surface area (Å²) in [6.07, 6.45) is 0.278. The topological polar surface area (TPSA) is 259 Å². The molecule has 3 aliphatic rings. The van der Waals surface area contributed by atoms with E-state index in [4.69, 9.17) is 24.7 Å². The number of allylic oxidation sites excluding steroid dienone is 6. The van der Waals surface area contributed by atoms with Crippen molar-refractivity contribution in [1.29, 1.82) is 0 Å². The predicted molar refractivity (Wildman–Crippen MR) is 178 cm³/mol. The van der Waals surface area contributed by atoms with E-state index < -0.39 is 116 Å². The second kappa shape index (κ2) is 19.2. The summed E-state index contributed by atoms with van der Waals surface area (Å²) in [4.78, 5) is 24.7. The average molecular weight is 712 g/mol. The molecule has 15 heteroatoms. The van der Waals surface area contributed by atoms with Crippen molar-refractivity contribution in [3.05, 3.63) is 60.8 Å². The van der Waals surface area contributed by atoms with E-state index in [9.17, 15) is 50.4 Å². The predicted octanol–water partition coefficient (Wildman–Crippen LogP) is -0.290. The van der Waals surface area contributed by atoms with E-state index >= 15 is 0 Å². The van der Waals surface area contributed by atoms with Crippen LogP contribution < -0.4 is 5.73 Å². The molecule has 15 atom stereocenters. The molecule has 3 heterocycles. The fraction of sp³-hybridized carbons (Fsp3) is 0.657. The summed E-state index contributed by atoms with van der Waals surface area (Å²) >= 11 is 0. The van der Waals surface area contributed by atoms with E-state index in [0.29, 0.717) is 6.42 Å². The highest BCUT2D eigenvalue weighted by Crippen LogP contribution is 2.38. The number of fused-ring (bicyclic) bond motifs is 2. The van der Waals surface area contributed by atoms with Crippen molar-refractivity contribution in [3.8, 4) is 0 Å². The summed E-state index contributed by atoms with van der Waals surface area (Å²) in [6.45, 7) is 5.21. The Balaban J connectivity index is 1.95. The highest BCUT2D eigenvalue weighted by molar-refractivity contribution is 5.82. The zero-order valence-electron chi connectivity index (χ0n) is 28.5. The SMILES string of the molecule is CCC1C=CC=CC=CC=CC(OC2O[C@H](C)[C@@H](O)[C@H](N)[C@@H]2O)CC2OC(O)(CC(O)CC(O)C(O)C=CC(=O)OC1C)CC(O)C2C(=O)O. The number of carbonyl (C=O) groups is 2. The van der Waals surface area contributed by atoms with Crippen molar-refractivity contribution in [2.24, 2.45) is 17.6 Å². The first-order valence-corrected chi connectivity index (χ1v) is 16.9. The number of hydrogen-bond donors (Lipinski definition) is 9. The molecule has 0 spiro atoms. The van der Waals surface area contributed by atoms with E-state index in [1.165, 1.54) is 6.08 Å². The standard InChI is InChI=1S/C35H53NO14/c1-4-21-11-9-7-5-6-8-10-12-23(49-34-32(43)30(36)31(42)20(3)48-34)16-27-29(33(44)45)26(40)18-35(46,50-27)17-22(37)15-25(39)24(38)13-14-28(41)47-19(21)2/h5-14,19-27,29-32,34,37-40,42-43,46H,4,15-18,36H2,1-3H3,(H,44,45)/t19?,20-,21?,22?,23?,24?,25?,26?,27?,29?,30+,31-,32+,34?,35?/m1/s1. The lowest BCUT2D eigenvalue weighted by Crippen LogP contribution is -2.61. The first kappa shape index (κ1) is 41.6. The van der Waals surface area contributed by atoms with E-state index in [1.807, 2.05) is 13.0 Å². The van der Waals surface area contributed by atoms with Crippen LogP contribution in [-0.4, -0.2) is 132 Å². The molecule has 0 aromatic rings. The molecule has 0 aromatic heterocycles. The Labute approximate surface area is 291 Å². The van der Waals surface area contributed by atoms with Gasteiger partial charge in [-0.3, -0.25) is 4.79 Å². The van der Waals surface area contributed by atoms with E-state index in [2.05, 4.69) is 0 Å².